The number of hydrogen-bond acceptors (Lipinski definition) is 7. The lowest BCUT2D eigenvalue weighted by Gasteiger charge is -2.30. The van der Waals surface area contributed by atoms with Crippen molar-refractivity contribution in [1.29, 1.82) is 0 Å². The molecule has 1 N–H and O–H groups in total. The van der Waals surface area contributed by atoms with Crippen LogP contribution in [0.5, 0.6) is 0 Å². The summed E-state index contributed by atoms with van der Waals surface area (Å²) in [6, 6.07) is -0.911. The number of unbranched alkanes of at least 4 members (excludes halogenated alkanes) is 32. The minimum absolute atomic E-state index is 0.0323. The van der Waals surface area contributed by atoms with Crippen LogP contribution < -0.4 is 10.2 Å². The fourth-order valence-electron chi connectivity index (χ4n) is 9.70. The van der Waals surface area contributed by atoms with Gasteiger partial charge in [-0.3, -0.25) is 14.2 Å². The fourth-order valence-corrected chi connectivity index (χ4v) is 10.4. The zero-order chi connectivity index (χ0) is 60.7. The minimum atomic E-state index is -4.72. The molecule has 0 heterocycles. The van der Waals surface area contributed by atoms with Gasteiger partial charge in [-0.15, -0.1) is 0 Å². The number of amides is 1. The molecule has 83 heavy (non-hydrogen) atoms. The third kappa shape index (κ3) is 63.3. The number of nitrogens with one attached hydrogen (secondary N) is 1. The van der Waals surface area contributed by atoms with Crippen LogP contribution in [0.3, 0.4) is 0 Å². The summed E-state index contributed by atoms with van der Waals surface area (Å²) in [4.78, 5) is 40.1. The van der Waals surface area contributed by atoms with Crippen molar-refractivity contribution in [2.45, 2.75) is 315 Å². The second kappa shape index (κ2) is 62.0. The number of quaternary nitrogens is 1. The fraction of sp³-hybridized carbons (Fsp3) is 0.753. The van der Waals surface area contributed by atoms with Gasteiger partial charge in [0.25, 0.3) is 7.82 Å². The van der Waals surface area contributed by atoms with Gasteiger partial charge in [0.2, 0.25) is 5.91 Å². The van der Waals surface area contributed by atoms with Crippen LogP contribution in [0.2, 0.25) is 0 Å². The summed E-state index contributed by atoms with van der Waals surface area (Å²) in [6.07, 6.45) is 83.9. The number of phosphoric ester groups is 1. The van der Waals surface area contributed by atoms with E-state index in [2.05, 4.69) is 111 Å². The Morgan fingerprint density at radius 3 is 1.19 bits per heavy atom. The number of carbonyl (C=O) groups is 2. The topological polar surface area (TPSA) is 114 Å². The van der Waals surface area contributed by atoms with Crippen molar-refractivity contribution in [2.24, 2.45) is 0 Å². The van der Waals surface area contributed by atoms with E-state index in [1.165, 1.54) is 167 Å². The molecule has 10 heteroatoms. The van der Waals surface area contributed by atoms with Crippen molar-refractivity contribution >= 4 is 19.7 Å². The molecule has 9 nitrogen and oxygen atoms in total. The monoisotopic (exact) mass is 1180 g/mol. The van der Waals surface area contributed by atoms with Crippen molar-refractivity contribution in [3.63, 3.8) is 0 Å². The summed E-state index contributed by atoms with van der Waals surface area (Å²) in [5.41, 5.74) is 0. The molecule has 0 spiro atoms. The number of nitrogens with zero attached hydrogens (tertiary/aromatic N) is 1. The van der Waals surface area contributed by atoms with Gasteiger partial charge < -0.3 is 28.5 Å². The molecule has 480 valence electrons. The quantitative estimate of drug-likeness (QED) is 0.0212. The number of allylic oxidation sites excluding steroid dienone is 15. The highest BCUT2D eigenvalue weighted by atomic mass is 31.2. The third-order valence-corrected chi connectivity index (χ3v) is 16.0. The van der Waals surface area contributed by atoms with E-state index in [-0.39, 0.29) is 31.3 Å². The normalized spacial score (nSPS) is 14.2. The van der Waals surface area contributed by atoms with Gasteiger partial charge in [-0.05, 0) is 109 Å². The molecule has 3 atom stereocenters. The predicted octanol–water partition coefficient (Wildman–Crippen LogP) is 21.3. The van der Waals surface area contributed by atoms with E-state index in [0.29, 0.717) is 17.4 Å². The van der Waals surface area contributed by atoms with Crippen LogP contribution in [0, 0.1) is 0 Å². The van der Waals surface area contributed by atoms with Crippen molar-refractivity contribution < 1.29 is 37.3 Å². The molecule has 0 aromatic heterocycles. The molecule has 0 aliphatic rings. The Labute approximate surface area is 513 Å². The number of phosphoric acid groups is 1. The third-order valence-electron chi connectivity index (χ3n) is 15.0. The largest absolute Gasteiger partial charge is 0.756 e. The van der Waals surface area contributed by atoms with Crippen LogP contribution in [-0.2, 0) is 27.9 Å². The molecular formula is C73H131N2O7P. The Kier molecular flexibility index (Phi) is 59.7. The van der Waals surface area contributed by atoms with E-state index in [1.54, 1.807) is 0 Å². The highest BCUT2D eigenvalue weighted by molar-refractivity contribution is 7.45. The summed E-state index contributed by atoms with van der Waals surface area (Å²) in [5.74, 6) is -0.575. The summed E-state index contributed by atoms with van der Waals surface area (Å²) in [7, 11) is 1.16. The van der Waals surface area contributed by atoms with Gasteiger partial charge >= 0.3 is 5.97 Å². The number of likely N-dealkylation sites (N-methyl/N-ethyl adjacent to an activating group) is 1. The molecule has 0 saturated carbocycles. The van der Waals surface area contributed by atoms with Gasteiger partial charge in [-0.25, -0.2) is 0 Å². The first-order chi connectivity index (χ1) is 40.4. The first kappa shape index (κ1) is 79.9. The molecule has 0 rings (SSSR count). The van der Waals surface area contributed by atoms with Gasteiger partial charge in [0.1, 0.15) is 19.3 Å². The Hall–Kier alpha value is -3.07. The van der Waals surface area contributed by atoms with Crippen molar-refractivity contribution in [1.82, 2.24) is 5.32 Å². The molecule has 0 saturated heterocycles. The molecule has 0 radical (unpaired) electrons. The second-order valence-electron chi connectivity index (χ2n) is 24.3. The van der Waals surface area contributed by atoms with Crippen molar-refractivity contribution in [2.75, 3.05) is 40.9 Å². The van der Waals surface area contributed by atoms with Gasteiger partial charge in [0, 0.05) is 12.8 Å². The van der Waals surface area contributed by atoms with Gasteiger partial charge in [-0.2, -0.15) is 0 Å². The van der Waals surface area contributed by atoms with Gasteiger partial charge in [-0.1, -0.05) is 279 Å². The van der Waals surface area contributed by atoms with Gasteiger partial charge in [0.05, 0.1) is 33.8 Å². The first-order valence-corrected chi connectivity index (χ1v) is 36.0. The van der Waals surface area contributed by atoms with E-state index in [1.807, 2.05) is 33.3 Å². The average molecular weight is 1180 g/mol. The van der Waals surface area contributed by atoms with Crippen LogP contribution in [0.25, 0.3) is 0 Å². The predicted molar refractivity (Wildman–Crippen MR) is 358 cm³/mol. The molecule has 0 bridgehead atoms. The zero-order valence-corrected chi connectivity index (χ0v) is 55.8. The Morgan fingerprint density at radius 1 is 0.434 bits per heavy atom. The summed E-state index contributed by atoms with van der Waals surface area (Å²) in [6.45, 7) is 6.70. The van der Waals surface area contributed by atoms with E-state index in [4.69, 9.17) is 13.8 Å². The standard InChI is InChI=1S/C73H131N2O7P/c1-7-10-13-16-19-22-25-28-30-32-34-35-36-37-38-39-41-43-45-48-51-54-57-60-63-66-73(77)82-71(64-61-58-55-52-49-46-27-24-21-18-15-12-9-3)70(69-81-83(78,79)80-68-67-75(4,5)6)74-72(76)65-62-59-56-53-50-47-44-42-40-33-31-29-26-23-20-17-14-11-8-2/h11,14,19-20,22-23,28-31,40,42,47,50,61,64,70-71H,7-10,12-13,15-18,21,24-27,32-39,41,43-46,48-49,51-60,62-63,65-69H2,1-6H3,(H-,74,76,78,79)/b14-11-,22-19-,23-20-,30-28-,31-29-,42-40-,50-47-,64-61-. The highest BCUT2D eigenvalue weighted by Gasteiger charge is 2.27. The molecule has 0 aromatic rings. The lowest BCUT2D eigenvalue weighted by molar-refractivity contribution is -0.870. The van der Waals surface area contributed by atoms with E-state index in [0.717, 1.165) is 96.3 Å². The van der Waals surface area contributed by atoms with Crippen LogP contribution in [0.4, 0.5) is 0 Å². The smallest absolute Gasteiger partial charge is 0.306 e. The van der Waals surface area contributed by atoms with E-state index in [9.17, 15) is 19.0 Å². The highest BCUT2D eigenvalue weighted by Crippen LogP contribution is 2.38. The molecule has 0 aliphatic carbocycles. The molecule has 0 fully saturated rings. The zero-order valence-electron chi connectivity index (χ0n) is 54.9. The maximum atomic E-state index is 13.6. The molecular weight excluding hydrogens is 1050 g/mol. The Balaban J connectivity index is 5.17. The number of ether oxygens (including phenoxy) is 1. The van der Waals surface area contributed by atoms with Crippen molar-refractivity contribution in [3.8, 4) is 0 Å². The lowest BCUT2D eigenvalue weighted by Crippen LogP contribution is -2.47. The summed E-state index contributed by atoms with van der Waals surface area (Å²) >= 11 is 0. The molecule has 0 aliphatic heterocycles. The summed E-state index contributed by atoms with van der Waals surface area (Å²) in [5, 5.41) is 3.02. The van der Waals surface area contributed by atoms with Crippen LogP contribution in [0.1, 0.15) is 303 Å². The maximum absolute atomic E-state index is 13.6. The SMILES string of the molecule is CC/C=C\C/C=C\C/C=C\C/C=C\C/C=C\CCCCCC(=O)NC(COP(=O)([O-])OCC[N+](C)(C)C)C(/C=C\CCCCCCCCCCCCC)OC(=O)CCCCCCCCCCCCCCCCC/C=C\C/C=C\CCCCC. The minimum Gasteiger partial charge on any atom is -0.756 e. The molecule has 3 unspecified atom stereocenters. The van der Waals surface area contributed by atoms with Crippen LogP contribution >= 0.6 is 7.82 Å². The van der Waals surface area contributed by atoms with E-state index >= 15 is 0 Å². The second-order valence-corrected chi connectivity index (χ2v) is 25.7. The Bertz CT molecular complexity index is 1740. The maximum Gasteiger partial charge on any atom is 0.306 e. The lowest BCUT2D eigenvalue weighted by atomic mass is 10.0. The number of rotatable bonds is 62. The molecule has 0 aromatic carbocycles. The number of hydrogen-bond donors (Lipinski definition) is 1. The van der Waals surface area contributed by atoms with Gasteiger partial charge in [0.15, 0.2) is 0 Å². The average Bonchev–Trinajstić information content (AvgIpc) is 3.47. The van der Waals surface area contributed by atoms with Crippen LogP contribution in [0.15, 0.2) is 97.2 Å². The molecule has 1 amide bonds. The van der Waals surface area contributed by atoms with Crippen molar-refractivity contribution in [3.05, 3.63) is 97.2 Å². The van der Waals surface area contributed by atoms with Crippen LogP contribution in [-0.4, -0.2) is 69.4 Å². The summed E-state index contributed by atoms with van der Waals surface area (Å²) < 4.78 is 30.4. The number of carbonyl (C=O) groups excluding carboxylic acids is 2. The first-order valence-electron chi connectivity index (χ1n) is 34.5. The Morgan fingerprint density at radius 2 is 0.771 bits per heavy atom. The number of esters is 1. The van der Waals surface area contributed by atoms with E-state index < -0.39 is 26.6 Å².